The third-order valence-electron chi connectivity index (χ3n) is 5.30. The van der Waals surface area contributed by atoms with E-state index in [0.717, 1.165) is 12.8 Å². The molecule has 4 amide bonds. The first kappa shape index (κ1) is 20.1. The van der Waals surface area contributed by atoms with Gasteiger partial charge in [-0.1, -0.05) is 0 Å². The van der Waals surface area contributed by atoms with Gasteiger partial charge in [-0.2, -0.15) is 5.10 Å². The Hall–Kier alpha value is -2.62. The first-order valence-electron chi connectivity index (χ1n) is 9.62. The molecule has 2 N–H and O–H groups in total. The van der Waals surface area contributed by atoms with E-state index in [9.17, 15) is 14.4 Å². The lowest BCUT2D eigenvalue weighted by atomic mass is 9.91. The van der Waals surface area contributed by atoms with E-state index in [1.54, 1.807) is 9.58 Å². The maximum absolute atomic E-state index is 12.7. The molecule has 154 valence electrons. The van der Waals surface area contributed by atoms with Gasteiger partial charge in [-0.15, -0.1) is 0 Å². The quantitative estimate of drug-likeness (QED) is 0.660. The molecule has 10 heteroatoms. The molecule has 10 nitrogen and oxygen atoms in total. The Kier molecular flexibility index (Phi) is 6.50. The summed E-state index contributed by atoms with van der Waals surface area (Å²) in [7, 11) is 3.42. The second-order valence-electron chi connectivity index (χ2n) is 7.22. The van der Waals surface area contributed by atoms with Crippen LogP contribution in [0.5, 0.6) is 0 Å². The van der Waals surface area contributed by atoms with Gasteiger partial charge in [-0.3, -0.25) is 14.3 Å². The van der Waals surface area contributed by atoms with E-state index in [-0.39, 0.29) is 18.7 Å². The normalized spacial score (nSPS) is 20.7. The molecule has 2 saturated heterocycles. The van der Waals surface area contributed by atoms with E-state index in [1.807, 2.05) is 19.4 Å². The Morgan fingerprint density at radius 3 is 2.54 bits per heavy atom. The number of nitrogens with zero attached hydrogens (tertiary/aromatic N) is 4. The van der Waals surface area contributed by atoms with Gasteiger partial charge in [0.25, 0.3) is 0 Å². The number of morpholine rings is 1. The maximum atomic E-state index is 12.7. The van der Waals surface area contributed by atoms with Crippen molar-refractivity contribution in [2.24, 2.45) is 7.05 Å². The lowest BCUT2D eigenvalue weighted by Crippen LogP contribution is -2.54. The molecule has 1 aromatic rings. The number of hydrogen-bond donors (Lipinski definition) is 2. The van der Waals surface area contributed by atoms with Crippen LogP contribution in [-0.2, 0) is 21.4 Å². The van der Waals surface area contributed by atoms with E-state index >= 15 is 0 Å². The van der Waals surface area contributed by atoms with Gasteiger partial charge in [0.2, 0.25) is 0 Å². The number of aromatic nitrogens is 2. The fourth-order valence-corrected chi connectivity index (χ4v) is 3.66. The molecule has 2 aliphatic heterocycles. The second kappa shape index (κ2) is 9.05. The minimum atomic E-state index is -0.493. The average molecular weight is 392 g/mol. The summed E-state index contributed by atoms with van der Waals surface area (Å²) in [4.78, 5) is 39.8. The number of piperidine rings is 1. The van der Waals surface area contributed by atoms with Crippen LogP contribution in [0, 0.1) is 0 Å². The zero-order valence-electron chi connectivity index (χ0n) is 16.4. The smallest absolute Gasteiger partial charge is 0.314 e. The molecule has 3 heterocycles. The van der Waals surface area contributed by atoms with Crippen LogP contribution in [0.3, 0.4) is 0 Å². The van der Waals surface area contributed by atoms with E-state index in [2.05, 4.69) is 15.7 Å². The van der Waals surface area contributed by atoms with Crippen molar-refractivity contribution < 1.29 is 19.1 Å². The summed E-state index contributed by atoms with van der Waals surface area (Å²) < 4.78 is 7.36. The molecular weight excluding hydrogens is 364 g/mol. The van der Waals surface area contributed by atoms with E-state index in [4.69, 9.17) is 4.74 Å². The molecule has 2 fully saturated rings. The summed E-state index contributed by atoms with van der Waals surface area (Å²) in [6, 6.07) is -0.306. The van der Waals surface area contributed by atoms with Crippen molar-refractivity contribution in [1.82, 2.24) is 30.2 Å². The van der Waals surface area contributed by atoms with Gasteiger partial charge in [-0.25, -0.2) is 4.79 Å². The van der Waals surface area contributed by atoms with Crippen molar-refractivity contribution in [3.8, 4) is 0 Å². The number of carbonyl (C=O) groups is 3. The van der Waals surface area contributed by atoms with Crippen LogP contribution in [0.4, 0.5) is 4.79 Å². The number of carbonyl (C=O) groups excluding carboxylic acids is 3. The Bertz CT molecular complexity index is 713. The molecule has 0 spiro atoms. The predicted molar refractivity (Wildman–Crippen MR) is 101 cm³/mol. The minimum Gasteiger partial charge on any atom is -0.373 e. The Labute approximate surface area is 164 Å². The van der Waals surface area contributed by atoms with E-state index in [0.29, 0.717) is 38.7 Å². The molecule has 1 atom stereocenters. The monoisotopic (exact) mass is 392 g/mol. The fourth-order valence-electron chi connectivity index (χ4n) is 3.66. The van der Waals surface area contributed by atoms with Gasteiger partial charge in [0.05, 0.1) is 18.9 Å². The Morgan fingerprint density at radius 1 is 1.18 bits per heavy atom. The van der Waals surface area contributed by atoms with Crippen LogP contribution in [0.2, 0.25) is 0 Å². The standard InChI is InChI=1S/C18H28N6O4/c1-19-18(27)20-10-15-12-24(7-8-28-15)17(26)16(25)23-5-3-13(4-6-23)14-9-21-22(2)11-14/h9,11,13,15H,3-8,10,12H2,1-2H3,(H2,19,20,27). The van der Waals surface area contributed by atoms with E-state index < -0.39 is 11.8 Å². The summed E-state index contributed by atoms with van der Waals surface area (Å²) in [5, 5.41) is 9.33. The van der Waals surface area contributed by atoms with Crippen molar-refractivity contribution in [2.45, 2.75) is 24.9 Å². The Balaban J connectivity index is 1.48. The van der Waals surface area contributed by atoms with Crippen molar-refractivity contribution in [1.29, 1.82) is 0 Å². The number of rotatable bonds is 3. The van der Waals surface area contributed by atoms with Crippen molar-refractivity contribution >= 4 is 17.8 Å². The summed E-state index contributed by atoms with van der Waals surface area (Å²) in [5.74, 6) is -0.575. The van der Waals surface area contributed by atoms with Gasteiger partial charge in [0.15, 0.2) is 0 Å². The predicted octanol–water partition coefficient (Wildman–Crippen LogP) is -0.717. The maximum Gasteiger partial charge on any atom is 0.314 e. The molecule has 1 unspecified atom stereocenters. The number of likely N-dealkylation sites (tertiary alicyclic amines) is 1. The zero-order valence-corrected chi connectivity index (χ0v) is 16.4. The van der Waals surface area contributed by atoms with E-state index in [1.165, 1.54) is 17.5 Å². The van der Waals surface area contributed by atoms with Crippen LogP contribution in [0.1, 0.15) is 24.3 Å². The Morgan fingerprint density at radius 2 is 1.89 bits per heavy atom. The van der Waals surface area contributed by atoms with Gasteiger partial charge in [0.1, 0.15) is 0 Å². The third kappa shape index (κ3) is 4.80. The van der Waals surface area contributed by atoms with Crippen LogP contribution in [0.15, 0.2) is 12.4 Å². The highest BCUT2D eigenvalue weighted by Crippen LogP contribution is 2.27. The molecule has 0 saturated carbocycles. The molecule has 0 bridgehead atoms. The van der Waals surface area contributed by atoms with Gasteiger partial charge in [-0.05, 0) is 24.3 Å². The molecule has 1 aromatic heterocycles. The minimum absolute atomic E-state index is 0.286. The SMILES string of the molecule is CNC(=O)NCC1CN(C(=O)C(=O)N2CCC(c3cnn(C)c3)CC2)CCO1. The topological polar surface area (TPSA) is 109 Å². The number of hydrogen-bond acceptors (Lipinski definition) is 5. The van der Waals surface area contributed by atoms with Crippen LogP contribution >= 0.6 is 0 Å². The highest BCUT2D eigenvalue weighted by Gasteiger charge is 2.33. The number of ether oxygens (including phenoxy) is 1. The highest BCUT2D eigenvalue weighted by atomic mass is 16.5. The number of urea groups is 1. The second-order valence-corrected chi connectivity index (χ2v) is 7.22. The lowest BCUT2D eigenvalue weighted by molar-refractivity contribution is -0.156. The molecule has 0 aromatic carbocycles. The molecule has 2 aliphatic rings. The van der Waals surface area contributed by atoms with Crippen LogP contribution < -0.4 is 10.6 Å². The first-order valence-corrected chi connectivity index (χ1v) is 9.62. The largest absolute Gasteiger partial charge is 0.373 e. The lowest BCUT2D eigenvalue weighted by Gasteiger charge is -2.35. The number of amides is 4. The number of nitrogens with one attached hydrogen (secondary N) is 2. The summed E-state index contributed by atoms with van der Waals surface area (Å²) in [5.41, 5.74) is 1.18. The average Bonchev–Trinajstić information content (AvgIpc) is 3.17. The van der Waals surface area contributed by atoms with Crippen molar-refractivity contribution in [3.05, 3.63) is 18.0 Å². The fraction of sp³-hybridized carbons (Fsp3) is 0.667. The summed E-state index contributed by atoms with van der Waals surface area (Å²) in [6.45, 7) is 2.44. The molecular formula is C18H28N6O4. The van der Waals surface area contributed by atoms with Crippen LogP contribution in [0.25, 0.3) is 0 Å². The summed E-state index contributed by atoms with van der Waals surface area (Å²) in [6.07, 6.45) is 5.21. The van der Waals surface area contributed by atoms with Gasteiger partial charge in [0, 0.05) is 53.0 Å². The van der Waals surface area contributed by atoms with Gasteiger partial charge < -0.3 is 25.2 Å². The third-order valence-corrected chi connectivity index (χ3v) is 5.30. The first-order chi connectivity index (χ1) is 13.5. The number of aryl methyl sites for hydroxylation is 1. The molecule has 3 rings (SSSR count). The molecule has 0 aliphatic carbocycles. The molecule has 28 heavy (non-hydrogen) atoms. The zero-order chi connectivity index (χ0) is 20.1. The van der Waals surface area contributed by atoms with Crippen molar-refractivity contribution in [2.75, 3.05) is 46.4 Å². The summed E-state index contributed by atoms with van der Waals surface area (Å²) >= 11 is 0. The van der Waals surface area contributed by atoms with Crippen molar-refractivity contribution in [3.63, 3.8) is 0 Å². The van der Waals surface area contributed by atoms with Crippen LogP contribution in [-0.4, -0.2) is 89.9 Å². The molecule has 0 radical (unpaired) electrons. The van der Waals surface area contributed by atoms with Gasteiger partial charge >= 0.3 is 17.8 Å². The highest BCUT2D eigenvalue weighted by molar-refractivity contribution is 6.34.